The SMILES string of the molecule is C[C@H](NC(=O)c1nn2c(C(F)(F)F)cc(-c3cccs3)nc2c1Cl)[C@@H]1C[C@H]2CC[C@H]1C2. The highest BCUT2D eigenvalue weighted by molar-refractivity contribution is 7.13. The van der Waals surface area contributed by atoms with Crippen molar-refractivity contribution in [2.24, 2.45) is 17.8 Å². The average molecular weight is 469 g/mol. The van der Waals surface area contributed by atoms with Crippen LogP contribution in [0.4, 0.5) is 13.2 Å². The maximum absolute atomic E-state index is 13.8. The van der Waals surface area contributed by atoms with Crippen LogP contribution in [0.3, 0.4) is 0 Å². The summed E-state index contributed by atoms with van der Waals surface area (Å²) in [6.07, 6.45) is 0.0135. The van der Waals surface area contributed by atoms with Gasteiger partial charge in [0.2, 0.25) is 0 Å². The van der Waals surface area contributed by atoms with Crippen molar-refractivity contribution < 1.29 is 18.0 Å². The third kappa shape index (κ3) is 3.61. The highest BCUT2D eigenvalue weighted by Gasteiger charge is 2.42. The molecule has 3 aromatic rings. The molecule has 0 aromatic carbocycles. The van der Waals surface area contributed by atoms with E-state index in [9.17, 15) is 18.0 Å². The summed E-state index contributed by atoms with van der Waals surface area (Å²) in [6.45, 7) is 1.95. The predicted molar refractivity (Wildman–Crippen MR) is 112 cm³/mol. The van der Waals surface area contributed by atoms with Gasteiger partial charge in [-0.1, -0.05) is 24.1 Å². The van der Waals surface area contributed by atoms with Gasteiger partial charge in [-0.3, -0.25) is 4.79 Å². The molecule has 0 unspecified atom stereocenters. The lowest BCUT2D eigenvalue weighted by Gasteiger charge is -2.28. The van der Waals surface area contributed by atoms with Gasteiger partial charge in [0.25, 0.3) is 5.91 Å². The van der Waals surface area contributed by atoms with Crippen LogP contribution in [-0.2, 0) is 6.18 Å². The molecule has 31 heavy (non-hydrogen) atoms. The first-order valence-corrected chi connectivity index (χ1v) is 11.5. The Morgan fingerprint density at radius 1 is 1.35 bits per heavy atom. The number of hydrogen-bond acceptors (Lipinski definition) is 4. The van der Waals surface area contributed by atoms with Crippen molar-refractivity contribution >= 4 is 34.5 Å². The number of carbonyl (C=O) groups is 1. The zero-order valence-electron chi connectivity index (χ0n) is 16.6. The number of halogens is 4. The Kier molecular flexibility index (Phi) is 5.01. The largest absolute Gasteiger partial charge is 0.433 e. The van der Waals surface area contributed by atoms with E-state index in [1.807, 2.05) is 6.92 Å². The third-order valence-electron chi connectivity index (χ3n) is 6.61. The molecule has 0 aliphatic heterocycles. The molecule has 5 nitrogen and oxygen atoms in total. The fourth-order valence-corrected chi connectivity index (χ4v) is 6.11. The fraction of sp³-hybridized carbons (Fsp3) is 0.476. The summed E-state index contributed by atoms with van der Waals surface area (Å²) in [5.41, 5.74) is -1.31. The first-order chi connectivity index (χ1) is 14.7. The summed E-state index contributed by atoms with van der Waals surface area (Å²) in [4.78, 5) is 17.8. The molecule has 2 saturated carbocycles. The van der Waals surface area contributed by atoms with Crippen LogP contribution in [0.2, 0.25) is 5.02 Å². The number of thiophene rings is 1. The Hall–Kier alpha value is -2.13. The first kappa shape index (κ1) is 20.8. The van der Waals surface area contributed by atoms with E-state index in [4.69, 9.17) is 11.6 Å². The van der Waals surface area contributed by atoms with Crippen LogP contribution in [-0.4, -0.2) is 26.5 Å². The summed E-state index contributed by atoms with van der Waals surface area (Å²) in [7, 11) is 0. The summed E-state index contributed by atoms with van der Waals surface area (Å²) in [5.74, 6) is 1.13. The van der Waals surface area contributed by atoms with Crippen LogP contribution in [0.25, 0.3) is 16.2 Å². The molecule has 3 heterocycles. The summed E-state index contributed by atoms with van der Waals surface area (Å²) < 4.78 is 41.9. The summed E-state index contributed by atoms with van der Waals surface area (Å²) in [5, 5.41) is 8.41. The van der Waals surface area contributed by atoms with E-state index in [1.165, 1.54) is 30.6 Å². The predicted octanol–water partition coefficient (Wildman–Crippen LogP) is 5.68. The van der Waals surface area contributed by atoms with Crippen LogP contribution in [0.1, 0.15) is 48.8 Å². The number of rotatable bonds is 4. The van der Waals surface area contributed by atoms with Gasteiger partial charge in [0, 0.05) is 6.04 Å². The minimum absolute atomic E-state index is 0.0968. The van der Waals surface area contributed by atoms with Crippen LogP contribution >= 0.6 is 22.9 Å². The fourth-order valence-electron chi connectivity index (χ4n) is 5.18. The number of nitrogens with zero attached hydrogens (tertiary/aromatic N) is 3. The highest BCUT2D eigenvalue weighted by Crippen LogP contribution is 2.49. The highest BCUT2D eigenvalue weighted by atomic mass is 35.5. The van der Waals surface area contributed by atoms with Crippen molar-refractivity contribution in [3.63, 3.8) is 0 Å². The van der Waals surface area contributed by atoms with E-state index in [1.54, 1.807) is 17.5 Å². The van der Waals surface area contributed by atoms with E-state index < -0.39 is 17.8 Å². The van der Waals surface area contributed by atoms with Gasteiger partial charge in [0.1, 0.15) is 5.02 Å². The molecule has 2 aliphatic rings. The monoisotopic (exact) mass is 468 g/mol. The summed E-state index contributed by atoms with van der Waals surface area (Å²) in [6, 6.07) is 4.24. The lowest BCUT2D eigenvalue weighted by molar-refractivity contribution is -0.142. The lowest BCUT2D eigenvalue weighted by atomic mass is 9.84. The smallest absolute Gasteiger partial charge is 0.348 e. The quantitative estimate of drug-likeness (QED) is 0.535. The van der Waals surface area contributed by atoms with Crippen LogP contribution in [0, 0.1) is 17.8 Å². The Balaban J connectivity index is 1.50. The molecule has 3 aromatic heterocycles. The van der Waals surface area contributed by atoms with Crippen LogP contribution in [0.15, 0.2) is 23.6 Å². The topological polar surface area (TPSA) is 59.3 Å². The second-order valence-electron chi connectivity index (χ2n) is 8.50. The number of carbonyl (C=O) groups excluding carboxylic acids is 1. The molecular weight excluding hydrogens is 449 g/mol. The Labute approximate surface area is 185 Å². The van der Waals surface area contributed by atoms with Gasteiger partial charge in [0.05, 0.1) is 10.6 Å². The molecule has 0 spiro atoms. The summed E-state index contributed by atoms with van der Waals surface area (Å²) >= 11 is 7.61. The maximum atomic E-state index is 13.8. The average Bonchev–Trinajstić information content (AvgIpc) is 3.51. The van der Waals surface area contributed by atoms with Gasteiger partial charge < -0.3 is 5.32 Å². The van der Waals surface area contributed by atoms with Crippen molar-refractivity contribution in [3.8, 4) is 10.6 Å². The van der Waals surface area contributed by atoms with Crippen molar-refractivity contribution in [2.75, 3.05) is 0 Å². The van der Waals surface area contributed by atoms with Crippen molar-refractivity contribution in [2.45, 2.75) is 44.8 Å². The Morgan fingerprint density at radius 3 is 2.77 bits per heavy atom. The van der Waals surface area contributed by atoms with Crippen LogP contribution in [0.5, 0.6) is 0 Å². The third-order valence-corrected chi connectivity index (χ3v) is 7.85. The van der Waals surface area contributed by atoms with E-state index in [-0.39, 0.29) is 28.1 Å². The maximum Gasteiger partial charge on any atom is 0.433 e. The van der Waals surface area contributed by atoms with Crippen molar-refractivity contribution in [3.05, 3.63) is 40.0 Å². The molecule has 1 N–H and O–H groups in total. The lowest BCUT2D eigenvalue weighted by Crippen LogP contribution is -2.40. The second kappa shape index (κ2) is 7.48. The standard InChI is InChI=1S/C21H20ClF3N4OS/c1-10(13-8-11-4-5-12(13)7-11)26-20(30)18-17(22)19-27-14(15-3-2-6-31-15)9-16(21(23,24)25)29(19)28-18/h2-3,6,9-13H,4-5,7-8H2,1H3,(H,26,30)/t10-,11-,12-,13-/m0/s1. The number of amides is 1. The van der Waals surface area contributed by atoms with E-state index in [0.717, 1.165) is 18.4 Å². The molecule has 2 bridgehead atoms. The van der Waals surface area contributed by atoms with Crippen LogP contribution < -0.4 is 5.32 Å². The molecule has 2 fully saturated rings. The van der Waals surface area contributed by atoms with Gasteiger partial charge in [-0.2, -0.15) is 18.3 Å². The van der Waals surface area contributed by atoms with Gasteiger partial charge in [-0.15, -0.1) is 11.3 Å². The van der Waals surface area contributed by atoms with Crippen molar-refractivity contribution in [1.82, 2.24) is 19.9 Å². The van der Waals surface area contributed by atoms with Crippen molar-refractivity contribution in [1.29, 1.82) is 0 Å². The minimum atomic E-state index is -4.69. The van der Waals surface area contributed by atoms with Gasteiger partial charge in [0.15, 0.2) is 17.0 Å². The number of alkyl halides is 3. The Morgan fingerprint density at radius 2 is 2.16 bits per heavy atom. The molecule has 2 aliphatic carbocycles. The van der Waals surface area contributed by atoms with Gasteiger partial charge in [-0.05, 0) is 61.5 Å². The molecule has 0 saturated heterocycles. The number of nitrogens with one attached hydrogen (secondary N) is 1. The Bertz CT molecular complexity index is 1140. The number of fused-ring (bicyclic) bond motifs is 3. The zero-order chi connectivity index (χ0) is 21.9. The molecular formula is C21H20ClF3N4OS. The number of hydrogen-bond donors (Lipinski definition) is 1. The zero-order valence-corrected chi connectivity index (χ0v) is 18.2. The minimum Gasteiger partial charge on any atom is -0.348 e. The molecule has 10 heteroatoms. The normalized spacial score (nSPS) is 24.1. The van der Waals surface area contributed by atoms with Gasteiger partial charge >= 0.3 is 6.18 Å². The van der Waals surface area contributed by atoms with Gasteiger partial charge in [-0.25, -0.2) is 9.50 Å². The van der Waals surface area contributed by atoms with E-state index >= 15 is 0 Å². The van der Waals surface area contributed by atoms with E-state index in [0.29, 0.717) is 21.2 Å². The molecule has 164 valence electrons. The molecule has 5 rings (SSSR count). The second-order valence-corrected chi connectivity index (χ2v) is 9.83. The molecule has 4 atom stereocenters. The molecule has 1 amide bonds. The first-order valence-electron chi connectivity index (χ1n) is 10.2. The number of aromatic nitrogens is 3. The molecule has 0 radical (unpaired) electrons. The van der Waals surface area contributed by atoms with E-state index in [2.05, 4.69) is 15.4 Å².